The number of hydrogen-bond acceptors (Lipinski definition) is 7. The molecule has 0 aliphatic carbocycles. The van der Waals surface area contributed by atoms with Crippen molar-refractivity contribution in [3.05, 3.63) is 42.5 Å². The number of carbonyl (C=O) groups is 4. The fourth-order valence-electron chi connectivity index (χ4n) is 4.05. The van der Waals surface area contributed by atoms with Crippen LogP contribution in [0.15, 0.2) is 42.5 Å². The van der Waals surface area contributed by atoms with E-state index in [0.29, 0.717) is 5.69 Å². The van der Waals surface area contributed by atoms with E-state index in [2.05, 4.69) is 0 Å². The van der Waals surface area contributed by atoms with Gasteiger partial charge in [-0.15, -0.1) is 0 Å². The smallest absolute Gasteiger partial charge is 0.305 e. The number of benzene rings is 1. The third kappa shape index (κ3) is 2.48. The van der Waals surface area contributed by atoms with Crippen LogP contribution >= 0.6 is 0 Å². The largest absolute Gasteiger partial charge is 0.422 e. The molecule has 0 N–H and O–H groups in total. The molecule has 4 rings (SSSR count). The average molecular weight is 371 g/mol. The molecule has 2 fully saturated rings. The molecular weight excluding hydrogens is 354 g/mol. The zero-order valence-electron chi connectivity index (χ0n) is 14.7. The lowest BCUT2D eigenvalue weighted by atomic mass is 9.76. The number of fused-ring (bicyclic) bond motifs is 5. The Hall–Kier alpha value is -3.00. The maximum atomic E-state index is 13.2. The minimum absolute atomic E-state index is 0.392. The summed E-state index contributed by atoms with van der Waals surface area (Å²) in [6, 6.07) is 8.56. The van der Waals surface area contributed by atoms with E-state index < -0.39 is 53.6 Å². The monoisotopic (exact) mass is 371 g/mol. The van der Waals surface area contributed by atoms with Gasteiger partial charge in [-0.05, 0) is 18.2 Å². The van der Waals surface area contributed by atoms with Crippen molar-refractivity contribution >= 4 is 29.4 Å². The van der Waals surface area contributed by atoms with Gasteiger partial charge in [0.05, 0.1) is 23.6 Å². The Bertz CT molecular complexity index is 848. The van der Waals surface area contributed by atoms with Crippen molar-refractivity contribution in [2.75, 3.05) is 4.90 Å². The van der Waals surface area contributed by atoms with Crippen LogP contribution in [0, 0.1) is 11.8 Å². The molecular formula is C19H17NO7. The summed E-state index contributed by atoms with van der Waals surface area (Å²) in [5.41, 5.74) is -1.07. The van der Waals surface area contributed by atoms with E-state index in [0.717, 1.165) is 18.7 Å². The second kappa shape index (κ2) is 6.02. The van der Waals surface area contributed by atoms with Crippen LogP contribution in [0.5, 0.6) is 0 Å². The summed E-state index contributed by atoms with van der Waals surface area (Å²) >= 11 is 0. The second-order valence-corrected chi connectivity index (χ2v) is 6.70. The predicted molar refractivity (Wildman–Crippen MR) is 90.0 cm³/mol. The Morgan fingerprint density at radius 2 is 1.70 bits per heavy atom. The highest BCUT2D eigenvalue weighted by Crippen LogP contribution is 2.54. The number of nitrogens with zero attached hydrogens (tertiary/aromatic N) is 1. The van der Waals surface area contributed by atoms with Crippen LogP contribution in [0.4, 0.5) is 5.69 Å². The maximum Gasteiger partial charge on any atom is 0.305 e. The number of carbonyl (C=O) groups excluding carboxylic acids is 4. The van der Waals surface area contributed by atoms with Gasteiger partial charge in [-0.1, -0.05) is 24.3 Å². The van der Waals surface area contributed by atoms with E-state index in [-0.39, 0.29) is 0 Å². The van der Waals surface area contributed by atoms with E-state index in [1.807, 2.05) is 0 Å². The topological polar surface area (TPSA) is 99.2 Å². The molecule has 3 heterocycles. The maximum absolute atomic E-state index is 13.2. The number of rotatable bonds is 4. The molecule has 1 aromatic rings. The summed E-state index contributed by atoms with van der Waals surface area (Å²) in [4.78, 5) is 50.3. The average Bonchev–Trinajstić information content (AvgIpc) is 3.26. The summed E-state index contributed by atoms with van der Waals surface area (Å²) in [5, 5.41) is 0. The van der Waals surface area contributed by atoms with Gasteiger partial charge in [0.15, 0.2) is 5.60 Å². The Labute approximate surface area is 154 Å². The zero-order chi connectivity index (χ0) is 19.3. The molecule has 0 saturated carbocycles. The van der Waals surface area contributed by atoms with Gasteiger partial charge in [0.2, 0.25) is 11.8 Å². The summed E-state index contributed by atoms with van der Waals surface area (Å²) in [5.74, 6) is -3.99. The first-order valence-corrected chi connectivity index (χ1v) is 8.49. The lowest BCUT2D eigenvalue weighted by Crippen LogP contribution is -2.52. The molecule has 8 heteroatoms. The molecule has 0 radical (unpaired) electrons. The van der Waals surface area contributed by atoms with Gasteiger partial charge < -0.3 is 14.2 Å². The van der Waals surface area contributed by atoms with E-state index in [9.17, 15) is 19.2 Å². The fourth-order valence-corrected chi connectivity index (χ4v) is 4.05. The lowest BCUT2D eigenvalue weighted by molar-refractivity contribution is -0.226. The van der Waals surface area contributed by atoms with Crippen LogP contribution in [0.25, 0.3) is 0 Å². The standard InChI is InChI=1S/C19H17NO7/c1-10(21)25-18(26-11(2)22)19-9-8-13(27-19)14-15(19)17(24)20(16(14)23)12-6-4-3-5-7-12/h3-9,13-15,18H,1-2H3/t13-,14-,15-,19+/m1/s1. The molecule has 0 unspecified atom stereocenters. The van der Waals surface area contributed by atoms with E-state index >= 15 is 0 Å². The van der Waals surface area contributed by atoms with Crippen LogP contribution < -0.4 is 4.90 Å². The molecule has 0 spiro atoms. The highest BCUT2D eigenvalue weighted by atomic mass is 16.7. The first-order chi connectivity index (χ1) is 12.8. The normalized spacial score (nSPS) is 30.8. The number of amides is 2. The van der Waals surface area contributed by atoms with Crippen LogP contribution in [-0.4, -0.2) is 41.7 Å². The molecule has 8 nitrogen and oxygen atoms in total. The van der Waals surface area contributed by atoms with Gasteiger partial charge in [-0.3, -0.25) is 19.2 Å². The first-order valence-electron chi connectivity index (χ1n) is 8.49. The highest BCUT2D eigenvalue weighted by molar-refractivity contribution is 6.23. The van der Waals surface area contributed by atoms with E-state index in [1.165, 1.54) is 0 Å². The number of para-hydroxylation sites is 1. The van der Waals surface area contributed by atoms with Crippen molar-refractivity contribution < 1.29 is 33.4 Å². The van der Waals surface area contributed by atoms with Crippen LogP contribution in [0.2, 0.25) is 0 Å². The number of ether oxygens (including phenoxy) is 3. The van der Waals surface area contributed by atoms with Crippen LogP contribution in [-0.2, 0) is 33.4 Å². The molecule has 27 heavy (non-hydrogen) atoms. The van der Waals surface area contributed by atoms with Crippen molar-refractivity contribution in [2.24, 2.45) is 11.8 Å². The molecule has 3 aliphatic rings. The van der Waals surface area contributed by atoms with Gasteiger partial charge in [-0.25, -0.2) is 4.90 Å². The van der Waals surface area contributed by atoms with Crippen molar-refractivity contribution in [3.8, 4) is 0 Å². The SMILES string of the molecule is CC(=O)OC(OC(C)=O)[C@@]12C=C[C@@H](O1)[C@H]1C(=O)N(c3ccccc3)C(=O)[C@@H]12. The van der Waals surface area contributed by atoms with Crippen LogP contribution in [0.3, 0.4) is 0 Å². The Morgan fingerprint density at radius 1 is 1.07 bits per heavy atom. The summed E-state index contributed by atoms with van der Waals surface area (Å²) in [6.07, 6.45) is 1.07. The third-order valence-corrected chi connectivity index (χ3v) is 5.01. The van der Waals surface area contributed by atoms with E-state index in [1.54, 1.807) is 42.5 Å². The number of anilines is 1. The minimum Gasteiger partial charge on any atom is -0.422 e. The quantitative estimate of drug-likeness (QED) is 0.336. The lowest BCUT2D eigenvalue weighted by Gasteiger charge is -2.34. The minimum atomic E-state index is -1.52. The van der Waals surface area contributed by atoms with Crippen molar-refractivity contribution in [3.63, 3.8) is 0 Å². The number of imide groups is 1. The molecule has 2 bridgehead atoms. The zero-order valence-corrected chi connectivity index (χ0v) is 14.7. The highest BCUT2D eigenvalue weighted by Gasteiger charge is 2.72. The van der Waals surface area contributed by atoms with Gasteiger partial charge >= 0.3 is 11.9 Å². The van der Waals surface area contributed by atoms with Gasteiger partial charge in [-0.2, -0.15) is 0 Å². The second-order valence-electron chi connectivity index (χ2n) is 6.70. The molecule has 1 aromatic carbocycles. The third-order valence-electron chi connectivity index (χ3n) is 5.01. The summed E-state index contributed by atoms with van der Waals surface area (Å²) in [7, 11) is 0. The van der Waals surface area contributed by atoms with Crippen molar-refractivity contribution in [1.29, 1.82) is 0 Å². The predicted octanol–water partition coefficient (Wildman–Crippen LogP) is 0.952. The molecule has 4 atom stereocenters. The van der Waals surface area contributed by atoms with Crippen molar-refractivity contribution in [1.82, 2.24) is 0 Å². The first kappa shape index (κ1) is 17.4. The Morgan fingerprint density at radius 3 is 2.30 bits per heavy atom. The molecule has 2 amide bonds. The Kier molecular flexibility index (Phi) is 3.88. The van der Waals surface area contributed by atoms with E-state index in [4.69, 9.17) is 14.2 Å². The molecule has 0 aromatic heterocycles. The van der Waals surface area contributed by atoms with Gasteiger partial charge in [0, 0.05) is 13.8 Å². The number of esters is 2. The van der Waals surface area contributed by atoms with Crippen molar-refractivity contribution in [2.45, 2.75) is 31.8 Å². The van der Waals surface area contributed by atoms with Gasteiger partial charge in [0.25, 0.3) is 6.29 Å². The molecule has 3 aliphatic heterocycles. The summed E-state index contributed by atoms with van der Waals surface area (Å²) in [6.45, 7) is 2.32. The number of hydrogen-bond donors (Lipinski definition) is 0. The Balaban J connectivity index is 1.75. The van der Waals surface area contributed by atoms with Crippen LogP contribution in [0.1, 0.15) is 13.8 Å². The molecule has 2 saturated heterocycles. The fraction of sp³-hybridized carbons (Fsp3) is 0.368. The van der Waals surface area contributed by atoms with Gasteiger partial charge in [0.1, 0.15) is 0 Å². The summed E-state index contributed by atoms with van der Waals surface area (Å²) < 4.78 is 16.2. The molecule has 140 valence electrons.